The second-order valence-electron chi connectivity index (χ2n) is 5.23. The Bertz CT molecular complexity index is 761. The van der Waals surface area contributed by atoms with Crippen molar-refractivity contribution >= 4 is 11.6 Å². The number of nitrogens with one attached hydrogen (secondary N) is 1. The summed E-state index contributed by atoms with van der Waals surface area (Å²) < 4.78 is 10.4. The molecule has 25 heavy (non-hydrogen) atoms. The van der Waals surface area contributed by atoms with Crippen LogP contribution in [0.4, 0.5) is 5.69 Å². The van der Waals surface area contributed by atoms with Crippen LogP contribution in [0.3, 0.4) is 0 Å². The van der Waals surface area contributed by atoms with Crippen molar-refractivity contribution in [2.75, 3.05) is 13.7 Å². The highest BCUT2D eigenvalue weighted by atomic mass is 16.6. The molecule has 0 radical (unpaired) electrons. The molecule has 0 saturated heterocycles. The molecule has 1 amide bonds. The zero-order valence-electron chi connectivity index (χ0n) is 14.2. The highest BCUT2D eigenvalue weighted by Crippen LogP contribution is 2.27. The fraction of sp³-hybridized carbons (Fsp3) is 0.278. The van der Waals surface area contributed by atoms with Crippen molar-refractivity contribution in [1.82, 2.24) is 5.32 Å². The second kappa shape index (κ2) is 8.79. The average molecular weight is 344 g/mol. The van der Waals surface area contributed by atoms with E-state index in [0.29, 0.717) is 19.8 Å². The maximum Gasteiger partial charge on any atom is 0.311 e. The largest absolute Gasteiger partial charge is 0.490 e. The van der Waals surface area contributed by atoms with E-state index in [0.717, 1.165) is 11.1 Å². The summed E-state index contributed by atoms with van der Waals surface area (Å²) in [7, 11) is 1.34. The summed E-state index contributed by atoms with van der Waals surface area (Å²) in [4.78, 5) is 22.8. The standard InChI is InChI=1S/C18H20N2O5/c1-3-25-12-15-7-5-4-6-14(15)11-19-18(21)13-8-9-17(24-2)16(10-13)20(22)23/h4-10H,3,11-12H2,1-2H3,(H,19,21). The molecule has 0 heterocycles. The second-order valence-corrected chi connectivity index (χ2v) is 5.23. The highest BCUT2D eigenvalue weighted by Gasteiger charge is 2.18. The lowest BCUT2D eigenvalue weighted by molar-refractivity contribution is -0.385. The molecule has 0 unspecified atom stereocenters. The monoisotopic (exact) mass is 344 g/mol. The van der Waals surface area contributed by atoms with Crippen molar-refractivity contribution in [1.29, 1.82) is 0 Å². The van der Waals surface area contributed by atoms with Crippen LogP contribution in [0.15, 0.2) is 42.5 Å². The Labute approximate surface area is 145 Å². The first-order valence-electron chi connectivity index (χ1n) is 7.82. The van der Waals surface area contributed by atoms with Gasteiger partial charge in [0, 0.05) is 24.8 Å². The van der Waals surface area contributed by atoms with E-state index >= 15 is 0 Å². The van der Waals surface area contributed by atoms with Crippen LogP contribution in [-0.2, 0) is 17.9 Å². The van der Waals surface area contributed by atoms with Crippen LogP contribution in [-0.4, -0.2) is 24.5 Å². The number of nitrogens with zero attached hydrogens (tertiary/aromatic N) is 1. The maximum atomic E-state index is 12.3. The lowest BCUT2D eigenvalue weighted by Crippen LogP contribution is -2.23. The zero-order valence-corrected chi connectivity index (χ0v) is 14.2. The number of rotatable bonds is 8. The summed E-state index contributed by atoms with van der Waals surface area (Å²) >= 11 is 0. The van der Waals surface area contributed by atoms with Gasteiger partial charge in [0.1, 0.15) is 0 Å². The van der Waals surface area contributed by atoms with Gasteiger partial charge >= 0.3 is 5.69 Å². The van der Waals surface area contributed by atoms with Crippen LogP contribution >= 0.6 is 0 Å². The summed E-state index contributed by atoms with van der Waals surface area (Å²) in [5.74, 6) is -0.277. The molecule has 0 fully saturated rings. The van der Waals surface area contributed by atoms with Crippen LogP contribution in [0.5, 0.6) is 5.75 Å². The number of hydrogen-bond donors (Lipinski definition) is 1. The normalized spacial score (nSPS) is 10.3. The van der Waals surface area contributed by atoms with Crippen LogP contribution in [0, 0.1) is 10.1 Å². The number of amides is 1. The first-order valence-corrected chi connectivity index (χ1v) is 7.82. The molecule has 132 valence electrons. The number of carbonyl (C=O) groups excluding carboxylic acids is 1. The zero-order chi connectivity index (χ0) is 18.2. The van der Waals surface area contributed by atoms with Gasteiger partial charge in [-0.15, -0.1) is 0 Å². The van der Waals surface area contributed by atoms with E-state index < -0.39 is 10.8 Å². The molecule has 0 aliphatic carbocycles. The molecule has 0 aromatic heterocycles. The van der Waals surface area contributed by atoms with Crippen LogP contribution < -0.4 is 10.1 Å². The van der Waals surface area contributed by atoms with E-state index in [1.807, 2.05) is 31.2 Å². The lowest BCUT2D eigenvalue weighted by atomic mass is 10.1. The number of ether oxygens (including phenoxy) is 2. The maximum absolute atomic E-state index is 12.3. The molecule has 0 saturated carbocycles. The van der Waals surface area contributed by atoms with Gasteiger partial charge in [0.05, 0.1) is 18.6 Å². The Hall–Kier alpha value is -2.93. The van der Waals surface area contributed by atoms with Gasteiger partial charge in [-0.2, -0.15) is 0 Å². The Morgan fingerprint density at radius 2 is 1.92 bits per heavy atom. The van der Waals surface area contributed by atoms with E-state index in [2.05, 4.69) is 5.32 Å². The molecular formula is C18H20N2O5. The summed E-state index contributed by atoms with van der Waals surface area (Å²) in [6.45, 7) is 3.30. The molecule has 0 aliphatic rings. The lowest BCUT2D eigenvalue weighted by Gasteiger charge is -2.11. The third-order valence-electron chi connectivity index (χ3n) is 3.66. The minimum Gasteiger partial charge on any atom is -0.490 e. The Kier molecular flexibility index (Phi) is 6.47. The summed E-state index contributed by atoms with van der Waals surface area (Å²) in [6.07, 6.45) is 0. The SMILES string of the molecule is CCOCc1ccccc1CNC(=O)c1ccc(OC)c([N+](=O)[O-])c1. The Balaban J connectivity index is 2.11. The first-order chi connectivity index (χ1) is 12.1. The van der Waals surface area contributed by atoms with Gasteiger partial charge in [-0.1, -0.05) is 24.3 Å². The van der Waals surface area contributed by atoms with Crippen LogP contribution in [0.25, 0.3) is 0 Å². The number of nitro groups is 1. The molecule has 7 heteroatoms. The number of hydrogen-bond acceptors (Lipinski definition) is 5. The predicted octanol–water partition coefficient (Wildman–Crippen LogP) is 3.07. The van der Waals surface area contributed by atoms with E-state index in [4.69, 9.17) is 9.47 Å². The van der Waals surface area contributed by atoms with Crippen LogP contribution in [0.2, 0.25) is 0 Å². The summed E-state index contributed by atoms with van der Waals surface area (Å²) in [5, 5.41) is 13.8. The molecule has 2 rings (SSSR count). The molecule has 1 N–H and O–H groups in total. The molecular weight excluding hydrogens is 324 g/mol. The van der Waals surface area contributed by atoms with E-state index in [-0.39, 0.29) is 17.0 Å². The third kappa shape index (κ3) is 4.77. The van der Waals surface area contributed by atoms with Gasteiger partial charge < -0.3 is 14.8 Å². The minimum absolute atomic E-state index is 0.114. The van der Waals surface area contributed by atoms with Gasteiger partial charge in [-0.05, 0) is 30.2 Å². The average Bonchev–Trinajstić information content (AvgIpc) is 2.64. The predicted molar refractivity (Wildman–Crippen MR) is 92.6 cm³/mol. The molecule has 0 spiro atoms. The minimum atomic E-state index is -0.576. The van der Waals surface area contributed by atoms with Crippen molar-refractivity contribution in [3.63, 3.8) is 0 Å². The summed E-state index contributed by atoms with van der Waals surface area (Å²) in [5.41, 5.74) is 1.89. The van der Waals surface area contributed by atoms with Gasteiger partial charge in [0.25, 0.3) is 5.91 Å². The van der Waals surface area contributed by atoms with Gasteiger partial charge in [0.15, 0.2) is 5.75 Å². The van der Waals surface area contributed by atoms with E-state index in [1.54, 1.807) is 0 Å². The van der Waals surface area contributed by atoms with Crippen molar-refractivity contribution in [3.8, 4) is 5.75 Å². The van der Waals surface area contributed by atoms with Crippen LogP contribution in [0.1, 0.15) is 28.4 Å². The Morgan fingerprint density at radius 3 is 2.56 bits per heavy atom. The van der Waals surface area contributed by atoms with Crippen molar-refractivity contribution in [3.05, 3.63) is 69.3 Å². The van der Waals surface area contributed by atoms with Gasteiger partial charge in [-0.25, -0.2) is 0 Å². The van der Waals surface area contributed by atoms with Crippen molar-refractivity contribution in [2.45, 2.75) is 20.1 Å². The third-order valence-corrected chi connectivity index (χ3v) is 3.66. The highest BCUT2D eigenvalue weighted by molar-refractivity contribution is 5.95. The number of benzene rings is 2. The van der Waals surface area contributed by atoms with Crippen molar-refractivity contribution in [2.24, 2.45) is 0 Å². The fourth-order valence-electron chi connectivity index (χ4n) is 2.33. The Morgan fingerprint density at radius 1 is 1.20 bits per heavy atom. The molecule has 0 atom stereocenters. The molecule has 2 aromatic rings. The molecule has 7 nitrogen and oxygen atoms in total. The van der Waals surface area contributed by atoms with E-state index in [9.17, 15) is 14.9 Å². The van der Waals surface area contributed by atoms with Gasteiger partial charge in [-0.3, -0.25) is 14.9 Å². The molecule has 0 bridgehead atoms. The number of methoxy groups -OCH3 is 1. The molecule has 0 aliphatic heterocycles. The first kappa shape index (κ1) is 18.4. The summed E-state index contributed by atoms with van der Waals surface area (Å²) in [6, 6.07) is 11.8. The number of nitro benzene ring substituents is 1. The quantitative estimate of drug-likeness (QED) is 0.587. The topological polar surface area (TPSA) is 90.7 Å². The van der Waals surface area contributed by atoms with E-state index in [1.165, 1.54) is 25.3 Å². The smallest absolute Gasteiger partial charge is 0.311 e. The van der Waals surface area contributed by atoms with Crippen molar-refractivity contribution < 1.29 is 19.2 Å². The fourth-order valence-corrected chi connectivity index (χ4v) is 2.33. The molecule has 2 aromatic carbocycles. The number of carbonyl (C=O) groups is 1. The van der Waals surface area contributed by atoms with Gasteiger partial charge in [0.2, 0.25) is 0 Å².